The van der Waals surface area contributed by atoms with Gasteiger partial charge in [-0.05, 0) is 41.8 Å². The smallest absolute Gasteiger partial charge is 0.267 e. The second-order valence-electron chi connectivity index (χ2n) is 5.88. The number of tetrazole rings is 1. The Morgan fingerprint density at radius 2 is 1.96 bits per heavy atom. The van der Waals surface area contributed by atoms with Gasteiger partial charge < -0.3 is 5.32 Å². The molecule has 28 heavy (non-hydrogen) atoms. The number of hydrogen-bond acceptors (Lipinski definition) is 7. The summed E-state index contributed by atoms with van der Waals surface area (Å²) >= 11 is 2.83. The van der Waals surface area contributed by atoms with Crippen molar-refractivity contribution in [1.82, 2.24) is 25.2 Å². The van der Waals surface area contributed by atoms with Crippen LogP contribution in [0.25, 0.3) is 16.3 Å². The standard InChI is InChI=1S/C19H16N6OS2/c1-12-16(28-18(20-12)13-7-4-3-5-8-13)17(26)21-14-9-6-10-15(11-14)25-19(27-2)22-23-24-25/h3-11H,1-2H3,(H,21,26). The van der Waals surface area contributed by atoms with Gasteiger partial charge in [-0.25, -0.2) is 4.98 Å². The maximum atomic E-state index is 12.8. The van der Waals surface area contributed by atoms with Crippen LogP contribution in [-0.4, -0.2) is 37.4 Å². The third-order valence-electron chi connectivity index (χ3n) is 4.00. The van der Waals surface area contributed by atoms with Crippen LogP contribution in [0.2, 0.25) is 0 Å². The van der Waals surface area contributed by atoms with E-state index < -0.39 is 0 Å². The highest BCUT2D eigenvalue weighted by atomic mass is 32.2. The van der Waals surface area contributed by atoms with Gasteiger partial charge in [0.15, 0.2) is 0 Å². The van der Waals surface area contributed by atoms with Gasteiger partial charge in [0.1, 0.15) is 9.88 Å². The molecule has 4 rings (SSSR count). The first-order valence-corrected chi connectivity index (χ1v) is 10.5. The molecule has 140 valence electrons. The monoisotopic (exact) mass is 408 g/mol. The molecule has 1 amide bonds. The Kier molecular flexibility index (Phi) is 5.18. The molecule has 7 nitrogen and oxygen atoms in total. The zero-order valence-electron chi connectivity index (χ0n) is 15.2. The molecule has 9 heteroatoms. The number of carbonyl (C=O) groups is 1. The lowest BCUT2D eigenvalue weighted by Crippen LogP contribution is -2.12. The highest BCUT2D eigenvalue weighted by Gasteiger charge is 2.17. The van der Waals surface area contributed by atoms with Gasteiger partial charge in [0, 0.05) is 11.3 Å². The number of amides is 1. The number of benzene rings is 2. The lowest BCUT2D eigenvalue weighted by molar-refractivity contribution is 0.103. The number of hydrogen-bond donors (Lipinski definition) is 1. The molecule has 0 radical (unpaired) electrons. The van der Waals surface area contributed by atoms with Gasteiger partial charge in [-0.2, -0.15) is 4.68 Å². The third kappa shape index (κ3) is 3.67. The molecule has 1 N–H and O–H groups in total. The summed E-state index contributed by atoms with van der Waals surface area (Å²) in [6.45, 7) is 1.85. The van der Waals surface area contributed by atoms with Crippen LogP contribution in [-0.2, 0) is 0 Å². The third-order valence-corrected chi connectivity index (χ3v) is 5.82. The molecule has 2 aromatic heterocycles. The molecule has 0 aliphatic heterocycles. The second-order valence-corrected chi connectivity index (χ2v) is 7.65. The Bertz CT molecular complexity index is 1120. The number of nitrogens with zero attached hydrogens (tertiary/aromatic N) is 5. The summed E-state index contributed by atoms with van der Waals surface area (Å²) in [6, 6.07) is 17.2. The second kappa shape index (κ2) is 7.91. The van der Waals surface area contributed by atoms with Crippen molar-refractivity contribution in [1.29, 1.82) is 0 Å². The number of anilines is 1. The molecule has 0 saturated carbocycles. The number of aryl methyl sites for hydroxylation is 1. The lowest BCUT2D eigenvalue weighted by atomic mass is 10.2. The molecule has 2 heterocycles. The maximum absolute atomic E-state index is 12.8. The van der Waals surface area contributed by atoms with Crippen molar-refractivity contribution in [2.24, 2.45) is 0 Å². The minimum absolute atomic E-state index is 0.184. The normalized spacial score (nSPS) is 10.8. The molecule has 0 unspecified atom stereocenters. The van der Waals surface area contributed by atoms with Crippen LogP contribution in [0.4, 0.5) is 5.69 Å². The Hall–Kier alpha value is -3.04. The number of rotatable bonds is 5. The molecule has 0 saturated heterocycles. The summed E-state index contributed by atoms with van der Waals surface area (Å²) in [6.07, 6.45) is 1.91. The quantitative estimate of drug-likeness (QED) is 0.501. The van der Waals surface area contributed by atoms with E-state index in [1.165, 1.54) is 23.1 Å². The van der Waals surface area contributed by atoms with Crippen molar-refractivity contribution in [3.8, 4) is 16.3 Å². The van der Waals surface area contributed by atoms with Crippen molar-refractivity contribution >= 4 is 34.7 Å². The fourth-order valence-corrected chi connectivity index (χ4v) is 4.08. The molecule has 0 atom stereocenters. The van der Waals surface area contributed by atoms with E-state index in [0.717, 1.165) is 16.3 Å². The Morgan fingerprint density at radius 1 is 1.14 bits per heavy atom. The van der Waals surface area contributed by atoms with Crippen molar-refractivity contribution in [2.75, 3.05) is 11.6 Å². The number of thioether (sulfide) groups is 1. The van der Waals surface area contributed by atoms with Gasteiger partial charge >= 0.3 is 0 Å². The minimum atomic E-state index is -0.184. The number of thiazole rings is 1. The summed E-state index contributed by atoms with van der Waals surface area (Å²) in [7, 11) is 0. The van der Waals surface area contributed by atoms with Gasteiger partial charge in [0.25, 0.3) is 5.91 Å². The largest absolute Gasteiger partial charge is 0.321 e. The van der Waals surface area contributed by atoms with Gasteiger partial charge in [-0.15, -0.1) is 16.4 Å². The molecule has 0 aliphatic carbocycles. The van der Waals surface area contributed by atoms with E-state index in [1.807, 2.05) is 67.8 Å². The zero-order valence-corrected chi connectivity index (χ0v) is 16.8. The van der Waals surface area contributed by atoms with Crippen molar-refractivity contribution < 1.29 is 4.79 Å². The summed E-state index contributed by atoms with van der Waals surface area (Å²) in [4.78, 5) is 18.0. The van der Waals surface area contributed by atoms with Crippen molar-refractivity contribution in [3.05, 3.63) is 65.2 Å². The molecule has 0 fully saturated rings. The van der Waals surface area contributed by atoms with E-state index in [-0.39, 0.29) is 5.91 Å². The highest BCUT2D eigenvalue weighted by Crippen LogP contribution is 2.28. The van der Waals surface area contributed by atoms with Crippen molar-refractivity contribution in [3.63, 3.8) is 0 Å². The average molecular weight is 409 g/mol. The molecular formula is C19H16N6OS2. The average Bonchev–Trinajstić information content (AvgIpc) is 3.35. The minimum Gasteiger partial charge on any atom is -0.321 e. The number of aromatic nitrogens is 5. The molecule has 0 spiro atoms. The van der Waals surface area contributed by atoms with Crippen LogP contribution in [0.1, 0.15) is 15.4 Å². The van der Waals surface area contributed by atoms with E-state index in [2.05, 4.69) is 25.8 Å². The molecule has 4 aromatic rings. The van der Waals surface area contributed by atoms with E-state index in [9.17, 15) is 4.79 Å². The number of nitrogens with one attached hydrogen (secondary N) is 1. The fraction of sp³-hybridized carbons (Fsp3) is 0.105. The predicted molar refractivity (Wildman–Crippen MR) is 111 cm³/mol. The summed E-state index contributed by atoms with van der Waals surface area (Å²) in [5.74, 6) is -0.184. The van der Waals surface area contributed by atoms with Crippen molar-refractivity contribution in [2.45, 2.75) is 12.1 Å². The van der Waals surface area contributed by atoms with Gasteiger partial charge in [0.2, 0.25) is 5.16 Å². The summed E-state index contributed by atoms with van der Waals surface area (Å²) in [5.41, 5.74) is 3.15. The van der Waals surface area contributed by atoms with E-state index in [4.69, 9.17) is 0 Å². The van der Waals surface area contributed by atoms with E-state index in [1.54, 1.807) is 4.68 Å². The van der Waals surface area contributed by atoms with Gasteiger partial charge in [-0.3, -0.25) is 4.79 Å². The first-order chi connectivity index (χ1) is 13.7. The van der Waals surface area contributed by atoms with Crippen LogP contribution in [0.5, 0.6) is 0 Å². The van der Waals surface area contributed by atoms with Gasteiger partial charge in [0.05, 0.1) is 11.4 Å². The summed E-state index contributed by atoms with van der Waals surface area (Å²) in [5, 5.41) is 16.1. The lowest BCUT2D eigenvalue weighted by Gasteiger charge is -2.07. The summed E-state index contributed by atoms with van der Waals surface area (Å²) < 4.78 is 1.63. The topological polar surface area (TPSA) is 85.6 Å². The number of carbonyl (C=O) groups excluding carboxylic acids is 1. The fourth-order valence-electron chi connectivity index (χ4n) is 2.68. The van der Waals surface area contributed by atoms with Crippen LogP contribution in [0.15, 0.2) is 59.8 Å². The van der Waals surface area contributed by atoms with Crippen LogP contribution in [0, 0.1) is 6.92 Å². The first kappa shape index (κ1) is 18.3. The van der Waals surface area contributed by atoms with Gasteiger partial charge in [-0.1, -0.05) is 48.2 Å². The Labute approximate surface area is 169 Å². The van der Waals surface area contributed by atoms with Crippen LogP contribution >= 0.6 is 23.1 Å². The highest BCUT2D eigenvalue weighted by molar-refractivity contribution is 7.98. The molecule has 0 bridgehead atoms. The zero-order chi connectivity index (χ0) is 19.5. The molecular weight excluding hydrogens is 392 g/mol. The molecule has 0 aliphatic rings. The van der Waals surface area contributed by atoms with E-state index in [0.29, 0.717) is 21.4 Å². The van der Waals surface area contributed by atoms with E-state index >= 15 is 0 Å². The predicted octanol–water partition coefficient (Wildman–Crippen LogP) is 4.07. The Balaban J connectivity index is 1.58. The molecule has 2 aromatic carbocycles. The van der Waals surface area contributed by atoms with Crippen LogP contribution in [0.3, 0.4) is 0 Å². The van der Waals surface area contributed by atoms with Crippen LogP contribution < -0.4 is 5.32 Å². The maximum Gasteiger partial charge on any atom is 0.267 e. The first-order valence-electron chi connectivity index (χ1n) is 8.42. The Morgan fingerprint density at radius 3 is 2.75 bits per heavy atom. The SMILES string of the molecule is CSc1nnnn1-c1cccc(NC(=O)c2sc(-c3ccccc3)nc2C)c1.